The van der Waals surface area contributed by atoms with E-state index in [9.17, 15) is 14.4 Å². The average Bonchev–Trinajstić information content (AvgIpc) is 2.88. The monoisotopic (exact) mass is 283 g/mol. The number of aromatic nitrogens is 2. The Hall–Kier alpha value is -2.42. The molecule has 0 bridgehead atoms. The number of aliphatic carboxylic acids is 1. The number of nitrogens with one attached hydrogen (secondary N) is 3. The van der Waals surface area contributed by atoms with Crippen LogP contribution in [-0.2, 0) is 20.8 Å². The Morgan fingerprint density at radius 3 is 2.75 bits per heavy atom. The summed E-state index contributed by atoms with van der Waals surface area (Å²) in [5.41, 5.74) is 5.91. The van der Waals surface area contributed by atoms with Crippen LogP contribution >= 0.6 is 0 Å². The summed E-state index contributed by atoms with van der Waals surface area (Å²) < 4.78 is 0. The number of hydrogen-bond donors (Lipinski definition) is 5. The fourth-order valence-corrected chi connectivity index (χ4v) is 1.51. The zero-order valence-electron chi connectivity index (χ0n) is 10.8. The van der Waals surface area contributed by atoms with Gasteiger partial charge in [0.2, 0.25) is 11.8 Å². The highest BCUT2D eigenvalue weighted by molar-refractivity contribution is 5.89. The number of nitrogens with zero attached hydrogens (tertiary/aromatic N) is 1. The fourth-order valence-electron chi connectivity index (χ4n) is 1.51. The molecular formula is C11H17N5O4. The van der Waals surface area contributed by atoms with E-state index in [0.29, 0.717) is 5.69 Å². The van der Waals surface area contributed by atoms with Crippen molar-refractivity contribution in [3.8, 4) is 0 Å². The summed E-state index contributed by atoms with van der Waals surface area (Å²) in [5, 5.41) is 13.3. The van der Waals surface area contributed by atoms with E-state index in [1.54, 1.807) is 0 Å². The first-order valence-corrected chi connectivity index (χ1v) is 5.99. The summed E-state index contributed by atoms with van der Waals surface area (Å²) in [6.45, 7) is -0.343. The molecule has 1 aromatic rings. The van der Waals surface area contributed by atoms with Crippen LogP contribution in [0, 0.1) is 0 Å². The van der Waals surface area contributed by atoms with Crippen molar-refractivity contribution in [2.75, 3.05) is 13.1 Å². The summed E-state index contributed by atoms with van der Waals surface area (Å²) >= 11 is 0. The fraction of sp³-hybridized carbons (Fsp3) is 0.455. The Morgan fingerprint density at radius 1 is 1.45 bits per heavy atom. The van der Waals surface area contributed by atoms with Gasteiger partial charge in [-0.3, -0.25) is 14.4 Å². The predicted molar refractivity (Wildman–Crippen MR) is 68.5 cm³/mol. The van der Waals surface area contributed by atoms with Gasteiger partial charge in [0.25, 0.3) is 0 Å². The third-order valence-corrected chi connectivity index (χ3v) is 2.42. The SMILES string of the molecule is NCCC(=O)NC(Cc1cnc[nH]1)C(=O)NCC(=O)O. The highest BCUT2D eigenvalue weighted by atomic mass is 16.4. The smallest absolute Gasteiger partial charge is 0.322 e. The van der Waals surface area contributed by atoms with E-state index in [2.05, 4.69) is 20.6 Å². The number of H-pyrrole nitrogens is 1. The molecule has 1 aromatic heterocycles. The van der Waals surface area contributed by atoms with E-state index >= 15 is 0 Å². The number of carbonyl (C=O) groups excluding carboxylic acids is 2. The van der Waals surface area contributed by atoms with E-state index in [1.807, 2.05) is 0 Å². The maximum atomic E-state index is 11.9. The molecule has 110 valence electrons. The van der Waals surface area contributed by atoms with Crippen molar-refractivity contribution < 1.29 is 19.5 Å². The van der Waals surface area contributed by atoms with Gasteiger partial charge >= 0.3 is 5.97 Å². The maximum Gasteiger partial charge on any atom is 0.322 e. The molecule has 0 saturated heterocycles. The lowest BCUT2D eigenvalue weighted by Gasteiger charge is -2.17. The Kier molecular flexibility index (Phi) is 6.17. The highest BCUT2D eigenvalue weighted by Crippen LogP contribution is 1.99. The third kappa shape index (κ3) is 5.48. The zero-order chi connectivity index (χ0) is 15.0. The van der Waals surface area contributed by atoms with Gasteiger partial charge in [-0.15, -0.1) is 0 Å². The number of carboxylic acids is 1. The second-order valence-electron chi connectivity index (χ2n) is 4.05. The average molecular weight is 283 g/mol. The van der Waals surface area contributed by atoms with Crippen molar-refractivity contribution in [1.29, 1.82) is 0 Å². The molecule has 0 aliphatic heterocycles. The Labute approximate surface area is 114 Å². The Bertz CT molecular complexity index is 459. The lowest BCUT2D eigenvalue weighted by atomic mass is 10.1. The normalized spacial score (nSPS) is 11.7. The van der Waals surface area contributed by atoms with Crippen LogP contribution in [0.1, 0.15) is 12.1 Å². The summed E-state index contributed by atoms with van der Waals surface area (Å²) in [6, 6.07) is -0.881. The van der Waals surface area contributed by atoms with Crippen LogP contribution < -0.4 is 16.4 Å². The van der Waals surface area contributed by atoms with E-state index in [0.717, 1.165) is 0 Å². The number of aromatic amines is 1. The Balaban J connectivity index is 2.64. The highest BCUT2D eigenvalue weighted by Gasteiger charge is 2.21. The molecule has 0 aliphatic rings. The minimum atomic E-state index is -1.16. The number of nitrogens with two attached hydrogens (primary N) is 1. The number of imidazole rings is 1. The molecule has 6 N–H and O–H groups in total. The molecule has 2 amide bonds. The first-order valence-electron chi connectivity index (χ1n) is 5.99. The molecule has 20 heavy (non-hydrogen) atoms. The molecule has 0 saturated carbocycles. The van der Waals surface area contributed by atoms with Crippen molar-refractivity contribution >= 4 is 17.8 Å². The molecule has 0 aliphatic carbocycles. The van der Waals surface area contributed by atoms with Crippen LogP contribution in [-0.4, -0.2) is 52.0 Å². The minimum Gasteiger partial charge on any atom is -0.480 e. The molecule has 1 rings (SSSR count). The van der Waals surface area contributed by atoms with Crippen molar-refractivity contribution in [3.63, 3.8) is 0 Å². The lowest BCUT2D eigenvalue weighted by molar-refractivity contribution is -0.138. The number of rotatable bonds is 8. The first kappa shape index (κ1) is 15.6. The second kappa shape index (κ2) is 7.89. The molecule has 0 spiro atoms. The zero-order valence-corrected chi connectivity index (χ0v) is 10.8. The molecule has 1 unspecified atom stereocenters. The van der Waals surface area contributed by atoms with Crippen molar-refractivity contribution in [2.45, 2.75) is 18.9 Å². The molecule has 9 heteroatoms. The van der Waals surface area contributed by atoms with Gasteiger partial charge in [0.1, 0.15) is 12.6 Å². The number of carbonyl (C=O) groups is 3. The van der Waals surface area contributed by atoms with Crippen LogP contribution in [0.4, 0.5) is 0 Å². The van der Waals surface area contributed by atoms with Gasteiger partial charge in [0.15, 0.2) is 0 Å². The number of carboxylic acid groups (broad SMARTS) is 1. The van der Waals surface area contributed by atoms with E-state index in [1.165, 1.54) is 12.5 Å². The van der Waals surface area contributed by atoms with Crippen LogP contribution in [0.2, 0.25) is 0 Å². The summed E-state index contributed by atoms with van der Waals surface area (Å²) in [4.78, 5) is 40.4. The number of hydrogen-bond acceptors (Lipinski definition) is 5. The van der Waals surface area contributed by atoms with E-state index in [4.69, 9.17) is 10.8 Å². The Morgan fingerprint density at radius 2 is 2.20 bits per heavy atom. The van der Waals surface area contributed by atoms with Crippen LogP contribution in [0.15, 0.2) is 12.5 Å². The van der Waals surface area contributed by atoms with Gasteiger partial charge in [-0.1, -0.05) is 0 Å². The van der Waals surface area contributed by atoms with Crippen LogP contribution in [0.25, 0.3) is 0 Å². The molecule has 0 aromatic carbocycles. The standard InChI is InChI=1S/C11H17N5O4/c12-2-1-9(17)16-8(3-7-4-13-6-15-7)11(20)14-5-10(18)19/h4,6,8H,1-3,5,12H2,(H,13,15)(H,14,20)(H,16,17)(H,18,19). The largest absolute Gasteiger partial charge is 0.480 e. The van der Waals surface area contributed by atoms with Gasteiger partial charge in [-0.25, -0.2) is 4.98 Å². The molecular weight excluding hydrogens is 266 g/mol. The quantitative estimate of drug-likeness (QED) is 0.372. The first-order chi connectivity index (χ1) is 9.52. The molecule has 9 nitrogen and oxygen atoms in total. The molecule has 1 atom stereocenters. The van der Waals surface area contributed by atoms with Crippen LogP contribution in [0.3, 0.4) is 0 Å². The number of amides is 2. The van der Waals surface area contributed by atoms with Gasteiger partial charge in [-0.05, 0) is 0 Å². The minimum absolute atomic E-state index is 0.0890. The third-order valence-electron chi connectivity index (χ3n) is 2.42. The summed E-state index contributed by atoms with van der Waals surface area (Å²) in [6.07, 6.45) is 3.24. The maximum absolute atomic E-state index is 11.9. The van der Waals surface area contributed by atoms with E-state index in [-0.39, 0.29) is 25.3 Å². The summed E-state index contributed by atoms with van der Waals surface area (Å²) in [7, 11) is 0. The topological polar surface area (TPSA) is 150 Å². The van der Waals surface area contributed by atoms with Gasteiger partial charge in [0, 0.05) is 31.3 Å². The van der Waals surface area contributed by atoms with E-state index < -0.39 is 24.5 Å². The second-order valence-corrected chi connectivity index (χ2v) is 4.05. The molecule has 0 fully saturated rings. The molecule has 1 heterocycles. The molecule has 0 radical (unpaired) electrons. The van der Waals surface area contributed by atoms with Gasteiger partial charge in [0.05, 0.1) is 6.33 Å². The van der Waals surface area contributed by atoms with Gasteiger partial charge < -0.3 is 26.5 Å². The lowest BCUT2D eigenvalue weighted by Crippen LogP contribution is -2.49. The predicted octanol–water partition coefficient (Wildman–Crippen LogP) is -2.01. The summed E-state index contributed by atoms with van der Waals surface area (Å²) in [5.74, 6) is -2.11. The van der Waals surface area contributed by atoms with Crippen molar-refractivity contribution in [3.05, 3.63) is 18.2 Å². The van der Waals surface area contributed by atoms with Gasteiger partial charge in [-0.2, -0.15) is 0 Å². The van der Waals surface area contributed by atoms with Crippen molar-refractivity contribution in [2.24, 2.45) is 5.73 Å². The van der Waals surface area contributed by atoms with Crippen LogP contribution in [0.5, 0.6) is 0 Å². The van der Waals surface area contributed by atoms with Crippen molar-refractivity contribution in [1.82, 2.24) is 20.6 Å².